The molecular weight excluding hydrogens is 246 g/mol. The second-order valence-electron chi connectivity index (χ2n) is 4.14. The highest BCUT2D eigenvalue weighted by Gasteiger charge is 2.04. The van der Waals surface area contributed by atoms with Gasteiger partial charge in [-0.25, -0.2) is 0 Å². The van der Waals surface area contributed by atoms with Crippen LogP contribution in [-0.2, 0) is 0 Å². The van der Waals surface area contributed by atoms with Crippen LogP contribution in [0.5, 0.6) is 5.75 Å². The number of aliphatic hydroxyl groups is 1. The Labute approximate surface area is 114 Å². The van der Waals surface area contributed by atoms with Crippen molar-refractivity contribution in [2.24, 2.45) is 0 Å². The van der Waals surface area contributed by atoms with E-state index < -0.39 is 0 Å². The average molecular weight is 269 g/mol. The molecule has 1 aromatic carbocycles. The first-order valence-corrected chi connectivity index (χ1v) is 7.49. The number of thioether (sulfide) groups is 1. The Kier molecular flexibility index (Phi) is 7.89. The van der Waals surface area contributed by atoms with Crippen LogP contribution in [0.4, 0.5) is 0 Å². The third-order valence-electron chi connectivity index (χ3n) is 2.76. The van der Waals surface area contributed by atoms with E-state index in [9.17, 15) is 0 Å². The van der Waals surface area contributed by atoms with Crippen molar-refractivity contribution >= 4 is 11.8 Å². The first-order chi connectivity index (χ1) is 8.77. The molecule has 0 bridgehead atoms. The maximum absolute atomic E-state index is 8.66. The summed E-state index contributed by atoms with van der Waals surface area (Å²) in [5.74, 6) is 3.01. The van der Waals surface area contributed by atoms with Crippen LogP contribution >= 0.6 is 11.8 Å². The summed E-state index contributed by atoms with van der Waals surface area (Å²) in [5.41, 5.74) is 1.27. The Morgan fingerprint density at radius 2 is 2.00 bits per heavy atom. The lowest BCUT2D eigenvalue weighted by Crippen LogP contribution is -2.21. The molecule has 0 heterocycles. The fraction of sp³-hybridized carbons (Fsp3) is 0.571. The maximum atomic E-state index is 8.66. The minimum absolute atomic E-state index is 0.294. The largest absolute Gasteiger partial charge is 0.497 e. The fourth-order valence-electron chi connectivity index (χ4n) is 1.63. The van der Waals surface area contributed by atoms with Crippen LogP contribution in [0.25, 0.3) is 0 Å². The summed E-state index contributed by atoms with van der Waals surface area (Å²) in [5, 5.41) is 12.2. The number of aliphatic hydroxyl groups excluding tert-OH is 1. The molecule has 4 heteroatoms. The van der Waals surface area contributed by atoms with Gasteiger partial charge in [-0.2, -0.15) is 11.8 Å². The van der Waals surface area contributed by atoms with Crippen LogP contribution in [0.3, 0.4) is 0 Å². The number of rotatable bonds is 9. The minimum atomic E-state index is 0.294. The molecule has 102 valence electrons. The van der Waals surface area contributed by atoms with E-state index in [0.29, 0.717) is 12.6 Å². The average Bonchev–Trinajstić information content (AvgIpc) is 2.42. The van der Waals surface area contributed by atoms with Crippen molar-refractivity contribution in [1.82, 2.24) is 5.32 Å². The number of hydrogen-bond acceptors (Lipinski definition) is 4. The van der Waals surface area contributed by atoms with E-state index in [4.69, 9.17) is 9.84 Å². The second kappa shape index (κ2) is 9.25. The normalized spacial score (nSPS) is 12.4. The Morgan fingerprint density at radius 3 is 2.61 bits per heavy atom. The van der Waals surface area contributed by atoms with E-state index in [1.54, 1.807) is 7.11 Å². The Balaban J connectivity index is 2.21. The molecule has 0 saturated heterocycles. The summed E-state index contributed by atoms with van der Waals surface area (Å²) >= 11 is 1.88. The lowest BCUT2D eigenvalue weighted by molar-refractivity contribution is 0.296. The zero-order valence-corrected chi connectivity index (χ0v) is 12.0. The molecule has 0 radical (unpaired) electrons. The maximum Gasteiger partial charge on any atom is 0.118 e. The van der Waals surface area contributed by atoms with Gasteiger partial charge in [-0.3, -0.25) is 0 Å². The fourth-order valence-corrected chi connectivity index (χ4v) is 2.43. The quantitative estimate of drug-likeness (QED) is 0.676. The molecule has 0 aromatic heterocycles. The molecule has 1 rings (SSSR count). The standard InChI is InChI=1S/C14H23NO2S/c1-12(15-8-11-18-10-3-9-16)13-4-6-14(17-2)7-5-13/h4-7,12,15-16H,3,8-11H2,1-2H3. The molecule has 3 nitrogen and oxygen atoms in total. The van der Waals surface area contributed by atoms with E-state index in [2.05, 4.69) is 24.4 Å². The summed E-state index contributed by atoms with van der Waals surface area (Å²) in [7, 11) is 1.68. The zero-order chi connectivity index (χ0) is 13.2. The number of ether oxygens (including phenoxy) is 1. The summed E-state index contributed by atoms with van der Waals surface area (Å²) in [6, 6.07) is 8.52. The predicted octanol–water partition coefficient (Wildman–Crippen LogP) is 2.46. The topological polar surface area (TPSA) is 41.5 Å². The van der Waals surface area contributed by atoms with Gasteiger partial charge >= 0.3 is 0 Å². The van der Waals surface area contributed by atoms with Crippen LogP contribution in [0.15, 0.2) is 24.3 Å². The van der Waals surface area contributed by atoms with Crippen LogP contribution in [0.1, 0.15) is 24.9 Å². The third kappa shape index (κ3) is 5.76. The SMILES string of the molecule is COc1ccc(C(C)NCCSCCCO)cc1. The molecule has 0 aliphatic heterocycles. The molecule has 1 aromatic rings. The highest BCUT2D eigenvalue weighted by Crippen LogP contribution is 2.17. The highest BCUT2D eigenvalue weighted by atomic mass is 32.2. The van der Waals surface area contributed by atoms with Gasteiger partial charge in [-0.15, -0.1) is 0 Å². The zero-order valence-electron chi connectivity index (χ0n) is 11.2. The van der Waals surface area contributed by atoms with E-state index in [-0.39, 0.29) is 0 Å². The Hall–Kier alpha value is -0.710. The summed E-state index contributed by atoms with van der Waals surface area (Å²) in [6.45, 7) is 3.45. The molecule has 0 amide bonds. The van der Waals surface area contributed by atoms with Crippen molar-refractivity contribution in [2.75, 3.05) is 31.8 Å². The minimum Gasteiger partial charge on any atom is -0.497 e. The first-order valence-electron chi connectivity index (χ1n) is 6.34. The van der Waals surface area contributed by atoms with Crippen LogP contribution in [-0.4, -0.2) is 36.9 Å². The molecule has 1 unspecified atom stereocenters. The predicted molar refractivity (Wildman–Crippen MR) is 78.4 cm³/mol. The summed E-state index contributed by atoms with van der Waals surface area (Å²) in [4.78, 5) is 0. The molecular formula is C14H23NO2S. The van der Waals surface area contributed by atoms with E-state index >= 15 is 0 Å². The van der Waals surface area contributed by atoms with Gasteiger partial charge in [0.05, 0.1) is 7.11 Å². The van der Waals surface area contributed by atoms with Gasteiger partial charge in [-0.1, -0.05) is 12.1 Å². The van der Waals surface area contributed by atoms with Crippen molar-refractivity contribution in [3.05, 3.63) is 29.8 Å². The smallest absolute Gasteiger partial charge is 0.118 e. The van der Waals surface area contributed by atoms with Gasteiger partial charge < -0.3 is 15.2 Å². The molecule has 18 heavy (non-hydrogen) atoms. The number of methoxy groups -OCH3 is 1. The monoisotopic (exact) mass is 269 g/mol. The molecule has 0 saturated carbocycles. The van der Waals surface area contributed by atoms with Crippen molar-refractivity contribution in [3.63, 3.8) is 0 Å². The summed E-state index contributed by atoms with van der Waals surface area (Å²) in [6.07, 6.45) is 0.888. The molecule has 0 spiro atoms. The summed E-state index contributed by atoms with van der Waals surface area (Å²) < 4.78 is 5.14. The number of benzene rings is 1. The molecule has 0 aliphatic rings. The van der Waals surface area contributed by atoms with Crippen molar-refractivity contribution in [3.8, 4) is 5.75 Å². The van der Waals surface area contributed by atoms with Gasteiger partial charge in [-0.05, 0) is 36.8 Å². The second-order valence-corrected chi connectivity index (χ2v) is 5.36. The van der Waals surface area contributed by atoms with Crippen LogP contribution in [0.2, 0.25) is 0 Å². The van der Waals surface area contributed by atoms with Crippen molar-refractivity contribution < 1.29 is 9.84 Å². The highest BCUT2D eigenvalue weighted by molar-refractivity contribution is 7.99. The van der Waals surface area contributed by atoms with E-state index in [1.807, 2.05) is 23.9 Å². The molecule has 2 N–H and O–H groups in total. The number of hydrogen-bond donors (Lipinski definition) is 2. The van der Waals surface area contributed by atoms with Crippen molar-refractivity contribution in [2.45, 2.75) is 19.4 Å². The van der Waals surface area contributed by atoms with Gasteiger partial charge in [0.2, 0.25) is 0 Å². The molecule has 1 atom stereocenters. The third-order valence-corrected chi connectivity index (χ3v) is 3.83. The molecule has 0 aliphatic carbocycles. The molecule has 0 fully saturated rings. The van der Waals surface area contributed by atoms with E-state index in [0.717, 1.165) is 30.2 Å². The van der Waals surface area contributed by atoms with Gasteiger partial charge in [0.25, 0.3) is 0 Å². The van der Waals surface area contributed by atoms with Gasteiger partial charge in [0, 0.05) is 24.9 Å². The van der Waals surface area contributed by atoms with Crippen molar-refractivity contribution in [1.29, 1.82) is 0 Å². The first kappa shape index (κ1) is 15.3. The van der Waals surface area contributed by atoms with Gasteiger partial charge in [0.15, 0.2) is 0 Å². The Bertz CT molecular complexity index is 316. The number of nitrogens with one attached hydrogen (secondary N) is 1. The van der Waals surface area contributed by atoms with Crippen LogP contribution < -0.4 is 10.1 Å². The van der Waals surface area contributed by atoms with Gasteiger partial charge in [0.1, 0.15) is 5.75 Å². The van der Waals surface area contributed by atoms with E-state index in [1.165, 1.54) is 5.56 Å². The lowest BCUT2D eigenvalue weighted by Gasteiger charge is -2.14. The lowest BCUT2D eigenvalue weighted by atomic mass is 10.1. The van der Waals surface area contributed by atoms with Crippen LogP contribution in [0, 0.1) is 0 Å². The Morgan fingerprint density at radius 1 is 1.28 bits per heavy atom.